The van der Waals surface area contributed by atoms with E-state index in [1.165, 1.54) is 5.69 Å². The maximum Gasteiger partial charge on any atom is 0.140 e. The van der Waals surface area contributed by atoms with Crippen LogP contribution in [0.3, 0.4) is 0 Å². The van der Waals surface area contributed by atoms with Gasteiger partial charge in [-0.2, -0.15) is 0 Å². The molecule has 0 aliphatic carbocycles. The van der Waals surface area contributed by atoms with Crippen molar-refractivity contribution >= 4 is 17.0 Å². The zero-order valence-electron chi connectivity index (χ0n) is 16.1. The Labute approximate surface area is 170 Å². The molecule has 0 spiro atoms. The number of thiazole rings is 1. The number of nitrogens with zero attached hydrogens (tertiary/aromatic N) is 3. The number of ether oxygens (including phenoxy) is 2. The lowest BCUT2D eigenvalue weighted by Crippen LogP contribution is -2.46. The Morgan fingerprint density at radius 3 is 2.36 bits per heavy atom. The van der Waals surface area contributed by atoms with Crippen LogP contribution in [0.5, 0.6) is 11.5 Å². The van der Waals surface area contributed by atoms with Gasteiger partial charge in [0.05, 0.1) is 12.8 Å². The van der Waals surface area contributed by atoms with Crippen LogP contribution in [0.15, 0.2) is 60.0 Å². The van der Waals surface area contributed by atoms with Gasteiger partial charge in [0.2, 0.25) is 0 Å². The fourth-order valence-corrected chi connectivity index (χ4v) is 4.03. The molecule has 0 radical (unpaired) electrons. The normalized spacial score (nSPS) is 14.8. The van der Waals surface area contributed by atoms with Gasteiger partial charge in [0.1, 0.15) is 23.1 Å². The summed E-state index contributed by atoms with van der Waals surface area (Å²) in [5.41, 5.74) is 2.44. The molecule has 146 valence electrons. The van der Waals surface area contributed by atoms with Crippen molar-refractivity contribution in [3.05, 3.63) is 70.7 Å². The van der Waals surface area contributed by atoms with E-state index in [1.54, 1.807) is 18.4 Å². The Hall–Kier alpha value is -2.57. The van der Waals surface area contributed by atoms with Gasteiger partial charge in [0.25, 0.3) is 0 Å². The van der Waals surface area contributed by atoms with Crippen LogP contribution < -0.4 is 14.4 Å². The molecule has 0 atom stereocenters. The predicted octanol–water partition coefficient (Wildman–Crippen LogP) is 4.05. The molecule has 0 unspecified atom stereocenters. The van der Waals surface area contributed by atoms with Gasteiger partial charge in [-0.25, -0.2) is 4.98 Å². The van der Waals surface area contributed by atoms with E-state index in [0.717, 1.165) is 54.9 Å². The topological polar surface area (TPSA) is 37.8 Å². The number of piperazine rings is 1. The number of hydrogen-bond donors (Lipinski definition) is 0. The summed E-state index contributed by atoms with van der Waals surface area (Å²) >= 11 is 1.66. The van der Waals surface area contributed by atoms with Crippen LogP contribution in [-0.2, 0) is 13.2 Å². The molecule has 2 heterocycles. The highest BCUT2D eigenvalue weighted by Gasteiger charge is 2.18. The van der Waals surface area contributed by atoms with Gasteiger partial charge in [-0.15, -0.1) is 11.3 Å². The lowest BCUT2D eigenvalue weighted by Gasteiger charge is -2.35. The van der Waals surface area contributed by atoms with Crippen molar-refractivity contribution in [1.82, 2.24) is 9.88 Å². The zero-order chi connectivity index (χ0) is 19.2. The Balaban J connectivity index is 1.24. The minimum Gasteiger partial charge on any atom is -0.497 e. The van der Waals surface area contributed by atoms with E-state index in [9.17, 15) is 0 Å². The van der Waals surface area contributed by atoms with Crippen molar-refractivity contribution in [1.29, 1.82) is 0 Å². The van der Waals surface area contributed by atoms with Crippen LogP contribution in [0, 0.1) is 0 Å². The number of rotatable bonds is 7. The lowest BCUT2D eigenvalue weighted by molar-refractivity contribution is 0.247. The molecule has 0 saturated carbocycles. The van der Waals surface area contributed by atoms with E-state index >= 15 is 0 Å². The van der Waals surface area contributed by atoms with E-state index < -0.39 is 0 Å². The number of hydrogen-bond acceptors (Lipinski definition) is 6. The first-order valence-electron chi connectivity index (χ1n) is 9.52. The highest BCUT2D eigenvalue weighted by molar-refractivity contribution is 7.09. The predicted molar refractivity (Wildman–Crippen MR) is 113 cm³/mol. The lowest BCUT2D eigenvalue weighted by atomic mass is 10.2. The summed E-state index contributed by atoms with van der Waals surface area (Å²) < 4.78 is 11.0. The molecule has 1 aromatic heterocycles. The van der Waals surface area contributed by atoms with Gasteiger partial charge < -0.3 is 14.4 Å². The maximum absolute atomic E-state index is 5.83. The molecule has 28 heavy (non-hydrogen) atoms. The van der Waals surface area contributed by atoms with Gasteiger partial charge in [0, 0.05) is 43.8 Å². The van der Waals surface area contributed by atoms with Crippen LogP contribution in [0.2, 0.25) is 0 Å². The van der Waals surface area contributed by atoms with Gasteiger partial charge >= 0.3 is 0 Å². The Kier molecular flexibility index (Phi) is 6.09. The Morgan fingerprint density at radius 2 is 1.64 bits per heavy atom. The molecule has 0 amide bonds. The molecule has 0 N–H and O–H groups in total. The summed E-state index contributed by atoms with van der Waals surface area (Å²) in [6.45, 7) is 5.64. The van der Waals surface area contributed by atoms with Crippen molar-refractivity contribution in [3.63, 3.8) is 0 Å². The first-order chi connectivity index (χ1) is 13.8. The van der Waals surface area contributed by atoms with Crippen molar-refractivity contribution in [3.8, 4) is 11.5 Å². The summed E-state index contributed by atoms with van der Waals surface area (Å²) in [6.07, 6.45) is 0. The number of methoxy groups -OCH3 is 1. The number of para-hydroxylation sites is 1. The molecule has 4 rings (SSSR count). The van der Waals surface area contributed by atoms with Crippen LogP contribution in [0.1, 0.15) is 10.7 Å². The third kappa shape index (κ3) is 4.82. The molecular weight excluding hydrogens is 370 g/mol. The quantitative estimate of drug-likeness (QED) is 0.603. The second-order valence-corrected chi connectivity index (χ2v) is 7.74. The van der Waals surface area contributed by atoms with Crippen LogP contribution in [-0.4, -0.2) is 43.2 Å². The fourth-order valence-electron chi connectivity index (χ4n) is 3.34. The molecule has 1 saturated heterocycles. The third-order valence-corrected chi connectivity index (χ3v) is 5.77. The third-order valence-electron chi connectivity index (χ3n) is 4.90. The van der Waals surface area contributed by atoms with Crippen molar-refractivity contribution in [2.45, 2.75) is 13.2 Å². The molecule has 1 aliphatic rings. The van der Waals surface area contributed by atoms with Crippen LogP contribution in [0.4, 0.5) is 5.69 Å². The first kappa shape index (κ1) is 18.8. The molecule has 1 aliphatic heterocycles. The van der Waals surface area contributed by atoms with E-state index in [1.807, 2.05) is 24.3 Å². The highest BCUT2D eigenvalue weighted by Crippen LogP contribution is 2.20. The van der Waals surface area contributed by atoms with E-state index in [-0.39, 0.29) is 0 Å². The molecule has 1 fully saturated rings. The SMILES string of the molecule is COc1ccc(OCc2nc(CN3CCN(c4ccccc4)CC3)cs2)cc1. The standard InChI is InChI=1S/C22H25N3O2S/c1-26-20-7-9-21(10-8-20)27-16-22-23-18(17-28-22)15-24-11-13-25(14-12-24)19-5-3-2-4-6-19/h2-10,17H,11-16H2,1H3. The van der Waals surface area contributed by atoms with Crippen molar-refractivity contribution in [2.24, 2.45) is 0 Å². The number of anilines is 1. The summed E-state index contributed by atoms with van der Waals surface area (Å²) in [4.78, 5) is 9.67. The van der Waals surface area contributed by atoms with Gasteiger partial charge in [-0.05, 0) is 36.4 Å². The first-order valence-corrected chi connectivity index (χ1v) is 10.4. The van der Waals surface area contributed by atoms with E-state index in [0.29, 0.717) is 6.61 Å². The summed E-state index contributed by atoms with van der Waals surface area (Å²) in [5, 5.41) is 3.16. The minimum absolute atomic E-state index is 0.499. The Morgan fingerprint density at radius 1 is 0.929 bits per heavy atom. The highest BCUT2D eigenvalue weighted by atomic mass is 32.1. The average Bonchev–Trinajstić information content (AvgIpc) is 3.21. The van der Waals surface area contributed by atoms with Gasteiger partial charge in [-0.3, -0.25) is 4.90 Å². The van der Waals surface area contributed by atoms with E-state index in [2.05, 4.69) is 45.5 Å². The molecule has 2 aromatic carbocycles. The summed E-state index contributed by atoms with van der Waals surface area (Å²) in [5.74, 6) is 1.66. The number of benzene rings is 2. The smallest absolute Gasteiger partial charge is 0.140 e. The second-order valence-electron chi connectivity index (χ2n) is 6.80. The van der Waals surface area contributed by atoms with Crippen molar-refractivity contribution in [2.75, 3.05) is 38.2 Å². The van der Waals surface area contributed by atoms with Crippen LogP contribution >= 0.6 is 11.3 Å². The fraction of sp³-hybridized carbons (Fsp3) is 0.318. The molecular formula is C22H25N3O2S. The minimum atomic E-state index is 0.499. The molecule has 3 aromatic rings. The van der Waals surface area contributed by atoms with Gasteiger partial charge in [-0.1, -0.05) is 18.2 Å². The number of aromatic nitrogens is 1. The molecule has 6 heteroatoms. The second kappa shape index (κ2) is 9.08. The van der Waals surface area contributed by atoms with Crippen molar-refractivity contribution < 1.29 is 9.47 Å². The van der Waals surface area contributed by atoms with E-state index in [4.69, 9.17) is 14.5 Å². The molecule has 0 bridgehead atoms. The monoisotopic (exact) mass is 395 g/mol. The van der Waals surface area contributed by atoms with Crippen LogP contribution in [0.25, 0.3) is 0 Å². The summed E-state index contributed by atoms with van der Waals surface area (Å²) in [7, 11) is 1.66. The van der Waals surface area contributed by atoms with Gasteiger partial charge in [0.15, 0.2) is 0 Å². The zero-order valence-corrected chi connectivity index (χ0v) is 16.9. The summed E-state index contributed by atoms with van der Waals surface area (Å²) in [6, 6.07) is 18.3. The molecule has 5 nitrogen and oxygen atoms in total. The average molecular weight is 396 g/mol. The largest absolute Gasteiger partial charge is 0.497 e. The Bertz CT molecular complexity index is 859. The maximum atomic E-state index is 5.83.